The molecule has 8 heavy (non-hydrogen) atoms. The number of hydrogen-bond acceptors (Lipinski definition) is 0. The van der Waals surface area contributed by atoms with Gasteiger partial charge in [-0.1, -0.05) is 23.3 Å². The van der Waals surface area contributed by atoms with Gasteiger partial charge in [0.25, 0.3) is 0 Å². The van der Waals surface area contributed by atoms with Crippen LogP contribution in [0.3, 0.4) is 0 Å². The number of allylic oxidation sites excluding steroid dienone is 4. The fourth-order valence-corrected chi connectivity index (χ4v) is 0.716. The Balaban J connectivity index is 0.000000490. The van der Waals surface area contributed by atoms with E-state index >= 15 is 0 Å². The average Bonchev–Trinajstić information content (AvgIpc) is 1.91. The number of rotatable bonds is 0. The minimum Gasteiger partial charge on any atom is -0.0802 e. The van der Waals surface area contributed by atoms with Crippen LogP contribution in [0.5, 0.6) is 0 Å². The Labute approximate surface area is 73.0 Å². The minimum absolute atomic E-state index is 0. The first-order valence-electron chi connectivity index (χ1n) is 2.63. The molecule has 0 saturated carbocycles. The third-order valence-corrected chi connectivity index (χ3v) is 1.47. The summed E-state index contributed by atoms with van der Waals surface area (Å²) in [7, 11) is 0. The summed E-state index contributed by atoms with van der Waals surface area (Å²) < 4.78 is 0. The van der Waals surface area contributed by atoms with E-state index in [0.29, 0.717) is 0 Å². The Morgan fingerprint density at radius 1 is 1.38 bits per heavy atom. The van der Waals surface area contributed by atoms with Gasteiger partial charge in [-0.15, -0.1) is 0 Å². The Hall–Kier alpha value is 0.480. The van der Waals surface area contributed by atoms with Crippen molar-refractivity contribution in [1.29, 1.82) is 0 Å². The molecule has 0 atom stereocenters. The average molecular weight is 117 g/mol. The monoisotopic (exact) mass is 117 g/mol. The van der Waals surface area contributed by atoms with Crippen molar-refractivity contribution in [2.75, 3.05) is 0 Å². The fraction of sp³-hybridized carbons (Fsp3) is 0.429. The first-order chi connectivity index (χ1) is 3.30. The first-order valence-corrected chi connectivity index (χ1v) is 2.63. The molecule has 0 unspecified atom stereocenters. The van der Waals surface area contributed by atoms with E-state index in [2.05, 4.69) is 26.0 Å². The van der Waals surface area contributed by atoms with Crippen molar-refractivity contribution >= 4 is 29.6 Å². The van der Waals surface area contributed by atoms with Gasteiger partial charge in [-0.2, -0.15) is 0 Å². The van der Waals surface area contributed by atoms with Gasteiger partial charge in [0.15, 0.2) is 0 Å². The fourth-order valence-electron chi connectivity index (χ4n) is 0.716. The van der Waals surface area contributed by atoms with Crippen LogP contribution in [-0.2, 0) is 0 Å². The third-order valence-electron chi connectivity index (χ3n) is 1.47. The molecule has 0 saturated heterocycles. The summed E-state index contributed by atoms with van der Waals surface area (Å²) >= 11 is 0. The molecule has 0 heterocycles. The summed E-state index contributed by atoms with van der Waals surface area (Å²) in [6.07, 6.45) is 5.55. The molecule has 0 fully saturated rings. The molecule has 0 aromatic carbocycles. The molecule has 0 spiro atoms. The zero-order valence-corrected chi connectivity index (χ0v) is 7.86. The van der Waals surface area contributed by atoms with Crippen LogP contribution in [0, 0.1) is 0 Å². The van der Waals surface area contributed by atoms with Gasteiger partial charge in [0.05, 0.1) is 0 Å². The van der Waals surface area contributed by atoms with Crippen molar-refractivity contribution in [2.45, 2.75) is 20.3 Å². The van der Waals surface area contributed by atoms with Gasteiger partial charge >= 0.3 is 0 Å². The van der Waals surface area contributed by atoms with Crippen LogP contribution in [-0.4, -0.2) is 29.6 Å². The molecular weight excluding hydrogens is 107 g/mol. The van der Waals surface area contributed by atoms with Gasteiger partial charge in [-0.05, 0) is 20.3 Å². The van der Waals surface area contributed by atoms with Gasteiger partial charge in [0.1, 0.15) is 0 Å². The van der Waals surface area contributed by atoms with Crippen molar-refractivity contribution in [3.05, 3.63) is 23.3 Å². The molecule has 0 N–H and O–H groups in total. The smallest absolute Gasteiger partial charge is 0 e. The van der Waals surface area contributed by atoms with E-state index in [4.69, 9.17) is 0 Å². The third kappa shape index (κ3) is 1.77. The second kappa shape index (κ2) is 3.49. The molecule has 0 nitrogen and oxygen atoms in total. The second-order valence-corrected chi connectivity index (χ2v) is 2.07. The van der Waals surface area contributed by atoms with Crippen LogP contribution in [0.2, 0.25) is 0 Å². The van der Waals surface area contributed by atoms with E-state index in [0.717, 1.165) is 0 Å². The summed E-state index contributed by atoms with van der Waals surface area (Å²) in [5.41, 5.74) is 2.96. The van der Waals surface area contributed by atoms with E-state index in [1.807, 2.05) is 0 Å². The van der Waals surface area contributed by atoms with Crippen molar-refractivity contribution in [2.24, 2.45) is 0 Å². The molecule has 0 aromatic heterocycles. The summed E-state index contributed by atoms with van der Waals surface area (Å²) in [5.74, 6) is 0. The predicted octanol–water partition coefficient (Wildman–Crippen LogP) is 1.90. The number of hydrogen-bond donors (Lipinski definition) is 0. The van der Waals surface area contributed by atoms with Crippen LogP contribution < -0.4 is 0 Å². The quantitative estimate of drug-likeness (QED) is 0.425. The standard InChI is InChI=1S/C7H10.Na/c1-6-4-3-5-7(6)2;/h3-4H,5H2,1-2H3;. The van der Waals surface area contributed by atoms with Crippen LogP contribution in [0.4, 0.5) is 0 Å². The van der Waals surface area contributed by atoms with E-state index in [1.54, 1.807) is 0 Å². The van der Waals surface area contributed by atoms with Gasteiger partial charge in [0.2, 0.25) is 0 Å². The van der Waals surface area contributed by atoms with Crippen LogP contribution in [0.15, 0.2) is 23.3 Å². The van der Waals surface area contributed by atoms with E-state index < -0.39 is 0 Å². The van der Waals surface area contributed by atoms with Crippen molar-refractivity contribution in [3.8, 4) is 0 Å². The molecule has 1 aliphatic carbocycles. The van der Waals surface area contributed by atoms with E-state index in [1.165, 1.54) is 17.6 Å². The topological polar surface area (TPSA) is 0 Å². The maximum absolute atomic E-state index is 2.20. The molecule has 0 aromatic rings. The summed E-state index contributed by atoms with van der Waals surface area (Å²) in [6.45, 7) is 4.33. The minimum atomic E-state index is 0. The van der Waals surface area contributed by atoms with Gasteiger partial charge < -0.3 is 0 Å². The van der Waals surface area contributed by atoms with Gasteiger partial charge in [-0.3, -0.25) is 0 Å². The molecular formula is C7H10Na. The molecule has 0 bridgehead atoms. The van der Waals surface area contributed by atoms with Crippen molar-refractivity contribution < 1.29 is 0 Å². The van der Waals surface area contributed by atoms with Crippen LogP contribution >= 0.6 is 0 Å². The van der Waals surface area contributed by atoms with E-state index in [-0.39, 0.29) is 29.6 Å². The summed E-state index contributed by atoms with van der Waals surface area (Å²) in [4.78, 5) is 0. The zero-order chi connectivity index (χ0) is 5.28. The Kier molecular flexibility index (Phi) is 3.70. The summed E-state index contributed by atoms with van der Waals surface area (Å²) in [6, 6.07) is 0. The Morgan fingerprint density at radius 3 is 2.12 bits per heavy atom. The van der Waals surface area contributed by atoms with Crippen molar-refractivity contribution in [1.82, 2.24) is 0 Å². The first kappa shape index (κ1) is 8.48. The van der Waals surface area contributed by atoms with Crippen molar-refractivity contribution in [3.63, 3.8) is 0 Å². The Bertz CT molecular complexity index is 131. The normalized spacial score (nSPS) is 16.8. The molecule has 0 amide bonds. The Morgan fingerprint density at radius 2 is 2.00 bits per heavy atom. The molecule has 1 rings (SSSR count). The molecule has 1 radical (unpaired) electrons. The summed E-state index contributed by atoms with van der Waals surface area (Å²) in [5, 5.41) is 0. The molecule has 1 heteroatoms. The van der Waals surface area contributed by atoms with Crippen LogP contribution in [0.1, 0.15) is 20.3 Å². The molecule has 1 aliphatic rings. The van der Waals surface area contributed by atoms with Crippen LogP contribution in [0.25, 0.3) is 0 Å². The van der Waals surface area contributed by atoms with Gasteiger partial charge in [0, 0.05) is 29.6 Å². The van der Waals surface area contributed by atoms with Gasteiger partial charge in [-0.25, -0.2) is 0 Å². The molecule has 0 aliphatic heterocycles. The maximum atomic E-state index is 2.20. The predicted molar refractivity (Wildman–Crippen MR) is 37.9 cm³/mol. The largest absolute Gasteiger partial charge is 0.0802 e. The molecule has 39 valence electrons. The zero-order valence-electron chi connectivity index (χ0n) is 5.86. The SMILES string of the molecule is CC1=C(C)CC=C1.[Na]. The maximum Gasteiger partial charge on any atom is 0 e. The second-order valence-electron chi connectivity index (χ2n) is 2.07. The van der Waals surface area contributed by atoms with E-state index in [9.17, 15) is 0 Å².